The van der Waals surface area contributed by atoms with Crippen molar-refractivity contribution in [3.8, 4) is 11.1 Å². The number of aliphatic hydroxyl groups excluding tert-OH is 1. The predicted molar refractivity (Wildman–Crippen MR) is 72.6 cm³/mol. The molecule has 0 aliphatic heterocycles. The van der Waals surface area contributed by atoms with Crippen molar-refractivity contribution in [3.05, 3.63) is 66.2 Å². The van der Waals surface area contributed by atoms with Gasteiger partial charge in [-0.3, -0.25) is 0 Å². The van der Waals surface area contributed by atoms with Crippen molar-refractivity contribution in [2.75, 3.05) is 0 Å². The van der Waals surface area contributed by atoms with Crippen LogP contribution in [0.25, 0.3) is 17.2 Å². The molecule has 0 bridgehead atoms. The molecular weight excluding hydrogens is 208 g/mol. The Morgan fingerprint density at radius 3 is 1.82 bits per heavy atom. The zero-order chi connectivity index (χ0) is 12.3. The summed E-state index contributed by atoms with van der Waals surface area (Å²) in [6.07, 6.45) is 1.42. The Bertz CT molecular complexity index is 492. The van der Waals surface area contributed by atoms with Crippen LogP contribution in [0.15, 0.2) is 55.1 Å². The average Bonchev–Trinajstić information content (AvgIpc) is 2.39. The molecule has 1 nitrogen and oxygen atoms in total. The van der Waals surface area contributed by atoms with Gasteiger partial charge in [-0.15, -0.1) is 0 Å². The van der Waals surface area contributed by atoms with E-state index >= 15 is 0 Å². The highest BCUT2D eigenvalue weighted by Crippen LogP contribution is 2.22. The fourth-order valence-corrected chi connectivity index (χ4v) is 1.77. The van der Waals surface area contributed by atoms with Gasteiger partial charge in [0.05, 0.1) is 6.10 Å². The molecule has 2 aromatic rings. The van der Waals surface area contributed by atoms with E-state index in [1.165, 1.54) is 5.56 Å². The zero-order valence-electron chi connectivity index (χ0n) is 9.93. The molecule has 0 aliphatic rings. The lowest BCUT2D eigenvalue weighted by Gasteiger charge is -2.06. The van der Waals surface area contributed by atoms with E-state index in [-0.39, 0.29) is 0 Å². The molecule has 2 rings (SSSR count). The molecule has 0 heterocycles. The molecule has 0 amide bonds. The highest BCUT2D eigenvalue weighted by Gasteiger charge is 2.01. The Morgan fingerprint density at radius 1 is 0.941 bits per heavy atom. The highest BCUT2D eigenvalue weighted by molar-refractivity contribution is 5.65. The van der Waals surface area contributed by atoms with Crippen LogP contribution in [0, 0.1) is 0 Å². The van der Waals surface area contributed by atoms with Gasteiger partial charge in [0.15, 0.2) is 0 Å². The normalized spacial score (nSPS) is 12.1. The van der Waals surface area contributed by atoms with Gasteiger partial charge in [0, 0.05) is 0 Å². The van der Waals surface area contributed by atoms with Crippen LogP contribution in [-0.2, 0) is 0 Å². The molecule has 0 saturated heterocycles. The van der Waals surface area contributed by atoms with Crippen LogP contribution in [0.1, 0.15) is 24.2 Å². The topological polar surface area (TPSA) is 20.2 Å². The lowest BCUT2D eigenvalue weighted by molar-refractivity contribution is 0.199. The van der Waals surface area contributed by atoms with Crippen molar-refractivity contribution < 1.29 is 5.11 Å². The fourth-order valence-electron chi connectivity index (χ4n) is 1.77. The second kappa shape index (κ2) is 4.98. The van der Waals surface area contributed by atoms with Crippen molar-refractivity contribution in [2.45, 2.75) is 13.0 Å². The Labute approximate surface area is 102 Å². The van der Waals surface area contributed by atoms with E-state index < -0.39 is 6.10 Å². The Kier molecular flexibility index (Phi) is 3.40. The molecule has 0 radical (unpaired) electrons. The third kappa shape index (κ3) is 2.63. The SMILES string of the molecule is C=Cc1ccc(-c2ccc(C(C)O)cc2)cc1. The van der Waals surface area contributed by atoms with Gasteiger partial charge in [0.2, 0.25) is 0 Å². The maximum Gasteiger partial charge on any atom is 0.0761 e. The molecule has 0 saturated carbocycles. The quantitative estimate of drug-likeness (QED) is 0.833. The Balaban J connectivity index is 2.29. The second-order valence-electron chi connectivity index (χ2n) is 4.12. The molecule has 0 aromatic heterocycles. The van der Waals surface area contributed by atoms with Crippen LogP contribution in [0.4, 0.5) is 0 Å². The first-order valence-electron chi connectivity index (χ1n) is 5.71. The molecule has 1 N–H and O–H groups in total. The van der Waals surface area contributed by atoms with Gasteiger partial charge in [0.1, 0.15) is 0 Å². The maximum absolute atomic E-state index is 9.44. The largest absolute Gasteiger partial charge is 0.389 e. The summed E-state index contributed by atoms with van der Waals surface area (Å²) in [6, 6.07) is 16.2. The average molecular weight is 224 g/mol. The zero-order valence-corrected chi connectivity index (χ0v) is 9.93. The molecule has 86 valence electrons. The summed E-state index contributed by atoms with van der Waals surface area (Å²) in [4.78, 5) is 0. The van der Waals surface area contributed by atoms with Crippen molar-refractivity contribution in [1.82, 2.24) is 0 Å². The van der Waals surface area contributed by atoms with Gasteiger partial charge >= 0.3 is 0 Å². The van der Waals surface area contributed by atoms with Gasteiger partial charge in [-0.25, -0.2) is 0 Å². The monoisotopic (exact) mass is 224 g/mol. The van der Waals surface area contributed by atoms with Crippen molar-refractivity contribution >= 4 is 6.08 Å². The summed E-state index contributed by atoms with van der Waals surface area (Å²) in [5, 5.41) is 9.44. The van der Waals surface area contributed by atoms with Crippen LogP contribution in [0.3, 0.4) is 0 Å². The van der Waals surface area contributed by atoms with E-state index in [0.29, 0.717) is 0 Å². The van der Waals surface area contributed by atoms with E-state index in [1.54, 1.807) is 6.92 Å². The predicted octanol–water partition coefficient (Wildman–Crippen LogP) is 4.05. The summed E-state index contributed by atoms with van der Waals surface area (Å²) < 4.78 is 0. The molecular formula is C16H16O. The van der Waals surface area contributed by atoms with Crippen LogP contribution >= 0.6 is 0 Å². The summed E-state index contributed by atoms with van der Waals surface area (Å²) in [6.45, 7) is 5.51. The molecule has 1 heteroatoms. The molecule has 2 aromatic carbocycles. The molecule has 0 fully saturated rings. The van der Waals surface area contributed by atoms with Gasteiger partial charge in [0.25, 0.3) is 0 Å². The van der Waals surface area contributed by atoms with E-state index in [0.717, 1.165) is 16.7 Å². The minimum Gasteiger partial charge on any atom is -0.389 e. The smallest absolute Gasteiger partial charge is 0.0761 e. The first kappa shape index (κ1) is 11.6. The Hall–Kier alpha value is -1.86. The Morgan fingerprint density at radius 2 is 1.41 bits per heavy atom. The second-order valence-corrected chi connectivity index (χ2v) is 4.12. The summed E-state index contributed by atoms with van der Waals surface area (Å²) in [7, 11) is 0. The standard InChI is InChI=1S/C16H16O/c1-3-13-4-6-15(7-5-13)16-10-8-14(9-11-16)12(2)17/h3-12,17H,1H2,2H3. The maximum atomic E-state index is 9.44. The summed E-state index contributed by atoms with van der Waals surface area (Å²) in [5.74, 6) is 0. The number of hydrogen-bond acceptors (Lipinski definition) is 1. The van der Waals surface area contributed by atoms with Gasteiger partial charge in [-0.2, -0.15) is 0 Å². The van der Waals surface area contributed by atoms with Gasteiger partial charge < -0.3 is 5.11 Å². The summed E-state index contributed by atoms with van der Waals surface area (Å²) in [5.41, 5.74) is 4.39. The van der Waals surface area contributed by atoms with E-state index in [4.69, 9.17) is 0 Å². The molecule has 0 spiro atoms. The fraction of sp³-hybridized carbons (Fsp3) is 0.125. The summed E-state index contributed by atoms with van der Waals surface area (Å²) >= 11 is 0. The van der Waals surface area contributed by atoms with Crippen molar-refractivity contribution in [2.24, 2.45) is 0 Å². The van der Waals surface area contributed by atoms with Crippen LogP contribution in [-0.4, -0.2) is 5.11 Å². The van der Waals surface area contributed by atoms with Crippen LogP contribution in [0.5, 0.6) is 0 Å². The first-order valence-corrected chi connectivity index (χ1v) is 5.71. The van der Waals surface area contributed by atoms with Crippen molar-refractivity contribution in [3.63, 3.8) is 0 Å². The lowest BCUT2D eigenvalue weighted by Crippen LogP contribution is -1.89. The van der Waals surface area contributed by atoms with Crippen LogP contribution in [0.2, 0.25) is 0 Å². The first-order chi connectivity index (χ1) is 8.20. The number of rotatable bonds is 3. The van der Waals surface area contributed by atoms with Gasteiger partial charge in [-0.05, 0) is 29.2 Å². The van der Waals surface area contributed by atoms with Crippen molar-refractivity contribution in [1.29, 1.82) is 0 Å². The molecule has 0 aliphatic carbocycles. The molecule has 17 heavy (non-hydrogen) atoms. The number of aliphatic hydroxyl groups is 1. The number of benzene rings is 2. The van der Waals surface area contributed by atoms with E-state index in [9.17, 15) is 5.11 Å². The molecule has 1 unspecified atom stereocenters. The highest BCUT2D eigenvalue weighted by atomic mass is 16.3. The minimum absolute atomic E-state index is 0.410. The minimum atomic E-state index is -0.410. The van der Waals surface area contributed by atoms with E-state index in [2.05, 4.69) is 18.7 Å². The third-order valence-corrected chi connectivity index (χ3v) is 2.87. The van der Waals surface area contributed by atoms with E-state index in [1.807, 2.05) is 42.5 Å². The van der Waals surface area contributed by atoms with Crippen LogP contribution < -0.4 is 0 Å². The number of hydrogen-bond donors (Lipinski definition) is 1. The lowest BCUT2D eigenvalue weighted by atomic mass is 10.0. The molecule has 1 atom stereocenters. The third-order valence-electron chi connectivity index (χ3n) is 2.87. The van der Waals surface area contributed by atoms with Gasteiger partial charge in [-0.1, -0.05) is 61.2 Å².